The molecule has 126 valence electrons. The molecule has 1 aliphatic rings. The van der Waals surface area contributed by atoms with Crippen LogP contribution in [0.15, 0.2) is 42.5 Å². The molecular weight excluding hydrogens is 298 g/mol. The Balaban J connectivity index is 1.58. The van der Waals surface area contributed by atoms with E-state index >= 15 is 0 Å². The molecule has 0 radical (unpaired) electrons. The van der Waals surface area contributed by atoms with Gasteiger partial charge in [0.2, 0.25) is 0 Å². The van der Waals surface area contributed by atoms with E-state index in [2.05, 4.69) is 42.3 Å². The number of nitrogens with zero attached hydrogens (tertiary/aromatic N) is 2. The lowest BCUT2D eigenvalue weighted by atomic mass is 10.1. The number of amides is 2. The maximum absolute atomic E-state index is 12.4. The van der Waals surface area contributed by atoms with Gasteiger partial charge in [0.05, 0.1) is 0 Å². The van der Waals surface area contributed by atoms with Gasteiger partial charge in [0, 0.05) is 37.6 Å². The summed E-state index contributed by atoms with van der Waals surface area (Å²) < 4.78 is 0. The third-order valence-electron chi connectivity index (χ3n) is 4.69. The topological polar surface area (TPSA) is 35.6 Å². The highest BCUT2D eigenvalue weighted by Gasteiger charge is 2.21. The molecule has 1 fully saturated rings. The zero-order valence-electron chi connectivity index (χ0n) is 14.7. The van der Waals surface area contributed by atoms with Crippen LogP contribution < -0.4 is 10.2 Å². The first-order valence-corrected chi connectivity index (χ1v) is 8.48. The van der Waals surface area contributed by atoms with Gasteiger partial charge >= 0.3 is 6.03 Å². The van der Waals surface area contributed by atoms with Gasteiger partial charge in [0.1, 0.15) is 0 Å². The number of hydrogen-bond acceptors (Lipinski definition) is 2. The van der Waals surface area contributed by atoms with Crippen LogP contribution in [-0.2, 0) is 0 Å². The second kappa shape index (κ2) is 6.95. The zero-order valence-corrected chi connectivity index (χ0v) is 14.7. The first-order chi connectivity index (χ1) is 11.5. The first kappa shape index (κ1) is 16.4. The van der Waals surface area contributed by atoms with Crippen molar-refractivity contribution in [2.75, 3.05) is 36.4 Å². The van der Waals surface area contributed by atoms with Crippen LogP contribution in [0.4, 0.5) is 16.2 Å². The van der Waals surface area contributed by atoms with Crippen LogP contribution in [0.25, 0.3) is 0 Å². The van der Waals surface area contributed by atoms with E-state index in [0.29, 0.717) is 0 Å². The molecule has 0 bridgehead atoms. The maximum Gasteiger partial charge on any atom is 0.321 e. The summed E-state index contributed by atoms with van der Waals surface area (Å²) in [5.74, 6) is 0. The molecule has 4 nitrogen and oxygen atoms in total. The first-order valence-electron chi connectivity index (χ1n) is 8.48. The fourth-order valence-corrected chi connectivity index (χ4v) is 3.02. The number of carbonyl (C=O) groups excluding carboxylic acids is 1. The summed E-state index contributed by atoms with van der Waals surface area (Å²) in [5, 5.41) is 2.99. The summed E-state index contributed by atoms with van der Waals surface area (Å²) in [4.78, 5) is 16.7. The Kier molecular flexibility index (Phi) is 4.74. The molecule has 0 unspecified atom stereocenters. The number of benzene rings is 2. The molecule has 3 rings (SSSR count). The minimum Gasteiger partial charge on any atom is -0.368 e. The van der Waals surface area contributed by atoms with Gasteiger partial charge in [-0.3, -0.25) is 0 Å². The molecule has 1 aliphatic heterocycles. The SMILES string of the molecule is Cc1cccc(NC(=O)N2CCN(c3ccc(C)c(C)c3)CC2)c1. The summed E-state index contributed by atoms with van der Waals surface area (Å²) in [7, 11) is 0. The predicted molar refractivity (Wildman–Crippen MR) is 99.9 cm³/mol. The second-order valence-electron chi connectivity index (χ2n) is 6.54. The van der Waals surface area contributed by atoms with Crippen molar-refractivity contribution in [1.82, 2.24) is 4.90 Å². The standard InChI is InChI=1S/C20H25N3O/c1-15-5-4-6-18(13-15)21-20(24)23-11-9-22(10-12-23)19-8-7-16(2)17(3)14-19/h4-8,13-14H,9-12H2,1-3H3,(H,21,24). The highest BCUT2D eigenvalue weighted by atomic mass is 16.2. The highest BCUT2D eigenvalue weighted by Crippen LogP contribution is 2.20. The van der Waals surface area contributed by atoms with Crippen LogP contribution in [0.1, 0.15) is 16.7 Å². The van der Waals surface area contributed by atoms with E-state index in [1.165, 1.54) is 16.8 Å². The summed E-state index contributed by atoms with van der Waals surface area (Å²) in [5.41, 5.74) is 5.88. The fourth-order valence-electron chi connectivity index (χ4n) is 3.02. The van der Waals surface area contributed by atoms with Gasteiger partial charge in [0.25, 0.3) is 0 Å². The smallest absolute Gasteiger partial charge is 0.321 e. The van der Waals surface area contributed by atoms with Crippen LogP contribution in [0.3, 0.4) is 0 Å². The van der Waals surface area contributed by atoms with E-state index in [1.807, 2.05) is 36.1 Å². The average Bonchev–Trinajstić information content (AvgIpc) is 2.57. The van der Waals surface area contributed by atoms with Crippen molar-refractivity contribution in [2.24, 2.45) is 0 Å². The molecule has 0 spiro atoms. The number of carbonyl (C=O) groups is 1. The molecule has 0 atom stereocenters. The lowest BCUT2D eigenvalue weighted by Gasteiger charge is -2.36. The quantitative estimate of drug-likeness (QED) is 0.908. The van der Waals surface area contributed by atoms with E-state index in [-0.39, 0.29) is 6.03 Å². The summed E-state index contributed by atoms with van der Waals surface area (Å²) in [6.45, 7) is 9.51. The number of anilines is 2. The molecule has 4 heteroatoms. The Morgan fingerprint density at radius 1 is 0.917 bits per heavy atom. The normalized spacial score (nSPS) is 14.6. The molecule has 2 aromatic rings. The minimum absolute atomic E-state index is 0.0136. The molecule has 24 heavy (non-hydrogen) atoms. The molecule has 1 heterocycles. The Hall–Kier alpha value is -2.49. The number of urea groups is 1. The van der Waals surface area contributed by atoms with Gasteiger partial charge in [-0.05, 0) is 61.7 Å². The third kappa shape index (κ3) is 3.70. The van der Waals surface area contributed by atoms with Crippen molar-refractivity contribution in [3.05, 3.63) is 59.2 Å². The molecule has 1 saturated heterocycles. The molecule has 0 aromatic heterocycles. The predicted octanol–water partition coefficient (Wildman–Crippen LogP) is 3.97. The molecule has 2 aromatic carbocycles. The Labute approximate surface area is 144 Å². The van der Waals surface area contributed by atoms with Gasteiger partial charge in [-0.2, -0.15) is 0 Å². The molecule has 0 aliphatic carbocycles. The van der Waals surface area contributed by atoms with Crippen LogP contribution >= 0.6 is 0 Å². The summed E-state index contributed by atoms with van der Waals surface area (Å²) in [6, 6.07) is 14.5. The summed E-state index contributed by atoms with van der Waals surface area (Å²) in [6.07, 6.45) is 0. The monoisotopic (exact) mass is 323 g/mol. The number of aryl methyl sites for hydroxylation is 3. The van der Waals surface area contributed by atoms with Crippen LogP contribution in [0.5, 0.6) is 0 Å². The highest BCUT2D eigenvalue weighted by molar-refractivity contribution is 5.89. The Morgan fingerprint density at radius 2 is 1.67 bits per heavy atom. The van der Waals surface area contributed by atoms with Crippen molar-refractivity contribution in [3.8, 4) is 0 Å². The average molecular weight is 323 g/mol. The van der Waals surface area contributed by atoms with Crippen molar-refractivity contribution >= 4 is 17.4 Å². The van der Waals surface area contributed by atoms with Crippen LogP contribution in [0.2, 0.25) is 0 Å². The largest absolute Gasteiger partial charge is 0.368 e. The molecule has 1 N–H and O–H groups in total. The van der Waals surface area contributed by atoms with Gasteiger partial charge in [-0.25, -0.2) is 4.79 Å². The number of piperazine rings is 1. The minimum atomic E-state index is -0.0136. The van der Waals surface area contributed by atoms with Crippen molar-refractivity contribution in [2.45, 2.75) is 20.8 Å². The van der Waals surface area contributed by atoms with Gasteiger partial charge < -0.3 is 15.1 Å². The molecule has 2 amide bonds. The Bertz CT molecular complexity index is 733. The van der Waals surface area contributed by atoms with Crippen molar-refractivity contribution in [1.29, 1.82) is 0 Å². The van der Waals surface area contributed by atoms with Gasteiger partial charge in [-0.1, -0.05) is 18.2 Å². The number of nitrogens with one attached hydrogen (secondary N) is 1. The third-order valence-corrected chi connectivity index (χ3v) is 4.69. The van der Waals surface area contributed by atoms with E-state index in [1.54, 1.807) is 0 Å². The van der Waals surface area contributed by atoms with Crippen molar-refractivity contribution < 1.29 is 4.79 Å². The molecular formula is C20H25N3O. The molecule has 0 saturated carbocycles. The van der Waals surface area contributed by atoms with Crippen LogP contribution in [-0.4, -0.2) is 37.1 Å². The van der Waals surface area contributed by atoms with Gasteiger partial charge in [-0.15, -0.1) is 0 Å². The van der Waals surface area contributed by atoms with E-state index < -0.39 is 0 Å². The number of hydrogen-bond donors (Lipinski definition) is 1. The lowest BCUT2D eigenvalue weighted by Crippen LogP contribution is -2.50. The maximum atomic E-state index is 12.4. The fraction of sp³-hybridized carbons (Fsp3) is 0.350. The van der Waals surface area contributed by atoms with Crippen LogP contribution in [0, 0.1) is 20.8 Å². The van der Waals surface area contributed by atoms with E-state index in [4.69, 9.17) is 0 Å². The lowest BCUT2D eigenvalue weighted by molar-refractivity contribution is 0.208. The van der Waals surface area contributed by atoms with Crippen molar-refractivity contribution in [3.63, 3.8) is 0 Å². The summed E-state index contributed by atoms with van der Waals surface area (Å²) >= 11 is 0. The number of rotatable bonds is 2. The van der Waals surface area contributed by atoms with E-state index in [9.17, 15) is 4.79 Å². The second-order valence-corrected chi connectivity index (χ2v) is 6.54. The van der Waals surface area contributed by atoms with Gasteiger partial charge in [0.15, 0.2) is 0 Å². The zero-order chi connectivity index (χ0) is 17.1. The van der Waals surface area contributed by atoms with E-state index in [0.717, 1.165) is 37.4 Å². The Morgan fingerprint density at radius 3 is 2.33 bits per heavy atom.